The molecule has 120 valence electrons. The Labute approximate surface area is 141 Å². The quantitative estimate of drug-likeness (QED) is 0.782. The number of hydrogen-bond donors (Lipinski definition) is 1. The number of hydrogen-bond acceptors (Lipinski definition) is 4. The first kappa shape index (κ1) is 14.7. The summed E-state index contributed by atoms with van der Waals surface area (Å²) in [7, 11) is 0. The fraction of sp³-hybridized carbons (Fsp3) is 0.200. The van der Waals surface area contributed by atoms with E-state index >= 15 is 0 Å². The molecule has 0 atom stereocenters. The first-order valence-corrected chi connectivity index (χ1v) is 8.11. The number of aromatic nitrogens is 2. The molecule has 1 aromatic heterocycles. The molecule has 0 amide bonds. The molecule has 1 heterocycles. The van der Waals surface area contributed by atoms with Crippen molar-refractivity contribution >= 4 is 5.95 Å². The lowest BCUT2D eigenvalue weighted by molar-refractivity contribution is 0.457. The van der Waals surface area contributed by atoms with E-state index in [1.165, 1.54) is 5.56 Å². The van der Waals surface area contributed by atoms with E-state index in [1.54, 1.807) is 0 Å². The van der Waals surface area contributed by atoms with E-state index in [-0.39, 0.29) is 11.4 Å². The van der Waals surface area contributed by atoms with Crippen molar-refractivity contribution in [3.05, 3.63) is 77.5 Å². The zero-order chi connectivity index (χ0) is 16.6. The van der Waals surface area contributed by atoms with Gasteiger partial charge < -0.3 is 10.5 Å². The molecule has 0 spiro atoms. The third-order valence-corrected chi connectivity index (χ3v) is 4.59. The molecule has 4 nitrogen and oxygen atoms in total. The largest absolute Gasteiger partial charge is 0.439 e. The molecule has 4 heteroatoms. The summed E-state index contributed by atoms with van der Waals surface area (Å²) in [6.45, 7) is 2.01. The number of nitrogens with zero attached hydrogens (tertiary/aromatic N) is 2. The number of aryl methyl sites for hydroxylation is 1. The molecular formula is C20H19N3O. The van der Waals surface area contributed by atoms with E-state index in [2.05, 4.69) is 34.2 Å². The summed E-state index contributed by atoms with van der Waals surface area (Å²) >= 11 is 0. The van der Waals surface area contributed by atoms with Crippen LogP contribution >= 0.6 is 0 Å². The first-order valence-electron chi connectivity index (χ1n) is 8.11. The van der Waals surface area contributed by atoms with Crippen LogP contribution in [0, 0.1) is 6.92 Å². The van der Waals surface area contributed by atoms with E-state index in [9.17, 15) is 0 Å². The Morgan fingerprint density at radius 1 is 0.958 bits per heavy atom. The molecule has 24 heavy (non-hydrogen) atoms. The van der Waals surface area contributed by atoms with Crippen LogP contribution in [-0.4, -0.2) is 9.97 Å². The van der Waals surface area contributed by atoms with Gasteiger partial charge >= 0.3 is 0 Å². The minimum Gasteiger partial charge on any atom is -0.439 e. The van der Waals surface area contributed by atoms with Gasteiger partial charge in [0.2, 0.25) is 11.8 Å². The fourth-order valence-electron chi connectivity index (χ4n) is 3.10. The zero-order valence-electron chi connectivity index (χ0n) is 13.6. The molecule has 0 bridgehead atoms. The normalized spacial score (nSPS) is 15.0. The maximum atomic E-state index is 5.96. The third-order valence-electron chi connectivity index (χ3n) is 4.59. The number of anilines is 1. The molecule has 1 aliphatic rings. The van der Waals surface area contributed by atoms with Gasteiger partial charge in [-0.25, -0.2) is 4.98 Å². The van der Waals surface area contributed by atoms with E-state index in [1.807, 2.05) is 43.3 Å². The maximum Gasteiger partial charge on any atom is 0.224 e. The second-order valence-corrected chi connectivity index (χ2v) is 6.27. The lowest BCUT2D eigenvalue weighted by atomic mass is 9.92. The summed E-state index contributed by atoms with van der Waals surface area (Å²) in [4.78, 5) is 8.74. The van der Waals surface area contributed by atoms with Gasteiger partial charge in [0.1, 0.15) is 5.75 Å². The molecule has 0 saturated heterocycles. The van der Waals surface area contributed by atoms with Crippen molar-refractivity contribution in [1.29, 1.82) is 0 Å². The lowest BCUT2D eigenvalue weighted by Crippen LogP contribution is -2.13. The van der Waals surface area contributed by atoms with E-state index in [4.69, 9.17) is 10.5 Å². The van der Waals surface area contributed by atoms with Gasteiger partial charge in [0.15, 0.2) is 0 Å². The van der Waals surface area contributed by atoms with Crippen LogP contribution in [0.5, 0.6) is 11.6 Å². The number of benzene rings is 2. The van der Waals surface area contributed by atoms with Crippen LogP contribution in [0.15, 0.2) is 60.7 Å². The van der Waals surface area contributed by atoms with Gasteiger partial charge in [-0.2, -0.15) is 4.98 Å². The van der Waals surface area contributed by atoms with Gasteiger partial charge in [-0.1, -0.05) is 48.5 Å². The Kier molecular flexibility index (Phi) is 3.45. The lowest BCUT2D eigenvalue weighted by Gasteiger charge is -2.17. The van der Waals surface area contributed by atoms with Gasteiger partial charge in [-0.3, -0.25) is 0 Å². The Hall–Kier alpha value is -2.88. The summed E-state index contributed by atoms with van der Waals surface area (Å²) in [5.41, 5.74) is 9.16. The Bertz CT molecular complexity index is 873. The molecule has 0 unspecified atom stereocenters. The van der Waals surface area contributed by atoms with Crippen LogP contribution in [0.2, 0.25) is 0 Å². The molecule has 0 aliphatic heterocycles. The van der Waals surface area contributed by atoms with Gasteiger partial charge in [-0.05, 0) is 37.0 Å². The van der Waals surface area contributed by atoms with E-state index in [0.717, 1.165) is 29.8 Å². The molecule has 1 saturated carbocycles. The van der Waals surface area contributed by atoms with Crippen LogP contribution in [0.3, 0.4) is 0 Å². The Morgan fingerprint density at radius 2 is 1.67 bits per heavy atom. The van der Waals surface area contributed by atoms with Crippen LogP contribution in [0.4, 0.5) is 5.95 Å². The smallest absolute Gasteiger partial charge is 0.224 e. The number of ether oxygens (including phenoxy) is 1. The third kappa shape index (κ3) is 2.60. The summed E-state index contributed by atoms with van der Waals surface area (Å²) in [6.07, 6.45) is 2.13. The topological polar surface area (TPSA) is 61.0 Å². The highest BCUT2D eigenvalue weighted by atomic mass is 16.5. The number of nitrogen functional groups attached to an aromatic ring is 1. The van der Waals surface area contributed by atoms with Crippen molar-refractivity contribution in [2.24, 2.45) is 0 Å². The first-order chi connectivity index (χ1) is 11.7. The molecule has 1 aliphatic carbocycles. The fourth-order valence-corrected chi connectivity index (χ4v) is 3.10. The standard InChI is InChI=1S/C20H19N3O/c1-14-7-5-6-10-16(14)24-18-13-17(22-19(21)23-18)20(11-12-20)15-8-3-2-4-9-15/h2-10,13H,11-12H2,1H3,(H2,21,22,23). The highest BCUT2D eigenvalue weighted by molar-refractivity contribution is 5.45. The molecule has 2 aromatic carbocycles. The zero-order valence-corrected chi connectivity index (χ0v) is 13.6. The number of para-hydroxylation sites is 1. The average Bonchev–Trinajstić information content (AvgIpc) is 3.39. The van der Waals surface area contributed by atoms with E-state index < -0.39 is 0 Å². The van der Waals surface area contributed by atoms with Crippen molar-refractivity contribution in [1.82, 2.24) is 9.97 Å². The van der Waals surface area contributed by atoms with Gasteiger partial charge in [0, 0.05) is 11.5 Å². The highest BCUT2D eigenvalue weighted by Crippen LogP contribution is 2.53. The molecular weight excluding hydrogens is 298 g/mol. The van der Waals surface area contributed by atoms with E-state index in [0.29, 0.717) is 5.88 Å². The van der Waals surface area contributed by atoms with Crippen molar-refractivity contribution < 1.29 is 4.74 Å². The van der Waals surface area contributed by atoms with Crippen LogP contribution < -0.4 is 10.5 Å². The minimum atomic E-state index is -0.0534. The summed E-state index contributed by atoms with van der Waals surface area (Å²) in [6, 6.07) is 20.2. The molecule has 0 radical (unpaired) electrons. The summed E-state index contributed by atoms with van der Waals surface area (Å²) in [5, 5.41) is 0. The van der Waals surface area contributed by atoms with Gasteiger partial charge in [-0.15, -0.1) is 0 Å². The highest BCUT2D eigenvalue weighted by Gasteiger charge is 2.47. The maximum absolute atomic E-state index is 5.96. The van der Waals surface area contributed by atoms with Crippen LogP contribution in [0.1, 0.15) is 29.7 Å². The number of nitrogens with two attached hydrogens (primary N) is 1. The monoisotopic (exact) mass is 317 g/mol. The Balaban J connectivity index is 1.71. The van der Waals surface area contributed by atoms with Crippen molar-refractivity contribution in [3.8, 4) is 11.6 Å². The van der Waals surface area contributed by atoms with Crippen molar-refractivity contribution in [2.75, 3.05) is 5.73 Å². The van der Waals surface area contributed by atoms with Crippen molar-refractivity contribution in [2.45, 2.75) is 25.2 Å². The predicted molar refractivity (Wildman–Crippen MR) is 94.2 cm³/mol. The number of rotatable bonds is 4. The second kappa shape index (κ2) is 5.64. The van der Waals surface area contributed by atoms with Crippen molar-refractivity contribution in [3.63, 3.8) is 0 Å². The molecule has 4 rings (SSSR count). The Morgan fingerprint density at radius 3 is 2.38 bits per heavy atom. The van der Waals surface area contributed by atoms with Crippen LogP contribution in [0.25, 0.3) is 0 Å². The van der Waals surface area contributed by atoms with Crippen LogP contribution in [-0.2, 0) is 5.41 Å². The molecule has 2 N–H and O–H groups in total. The summed E-state index contributed by atoms with van der Waals surface area (Å²) in [5.74, 6) is 1.53. The predicted octanol–water partition coefficient (Wildman–Crippen LogP) is 4.24. The molecule has 3 aromatic rings. The van der Waals surface area contributed by atoms with Gasteiger partial charge in [0.25, 0.3) is 0 Å². The summed E-state index contributed by atoms with van der Waals surface area (Å²) < 4.78 is 5.96. The SMILES string of the molecule is Cc1ccccc1Oc1cc(C2(c3ccccc3)CC2)nc(N)n1. The second-order valence-electron chi connectivity index (χ2n) is 6.27. The minimum absolute atomic E-state index is 0.0534. The van der Waals surface area contributed by atoms with Gasteiger partial charge in [0.05, 0.1) is 5.69 Å². The average molecular weight is 317 g/mol. The molecule has 1 fully saturated rings.